The highest BCUT2D eigenvalue weighted by Crippen LogP contribution is 2.43. The van der Waals surface area contributed by atoms with Gasteiger partial charge in [0.05, 0.1) is 31.8 Å². The van der Waals surface area contributed by atoms with Crippen molar-refractivity contribution in [3.63, 3.8) is 0 Å². The van der Waals surface area contributed by atoms with Gasteiger partial charge in [0.2, 0.25) is 0 Å². The number of nitrogens with one attached hydrogen (secondary N) is 1. The zero-order valence-electron chi connectivity index (χ0n) is 22.6. The molecule has 0 bridgehead atoms. The number of phosphoric acid groups is 1. The van der Waals surface area contributed by atoms with Crippen LogP contribution in [0.15, 0.2) is 0 Å². The van der Waals surface area contributed by atoms with Crippen LogP contribution in [-0.2, 0) is 46.9 Å². The van der Waals surface area contributed by atoms with Gasteiger partial charge in [-0.3, -0.25) is 23.4 Å². The maximum atomic E-state index is 12.3. The normalized spacial score (nSPS) is 15.9. The van der Waals surface area contributed by atoms with E-state index in [9.17, 15) is 23.8 Å². The summed E-state index contributed by atoms with van der Waals surface area (Å²) in [6, 6.07) is 0. The molecule has 212 valence electrons. The van der Waals surface area contributed by atoms with Gasteiger partial charge in [-0.25, -0.2) is 4.57 Å². The maximum absolute atomic E-state index is 12.3. The summed E-state index contributed by atoms with van der Waals surface area (Å²) in [5.41, 5.74) is -1.12. The molecule has 4 unspecified atom stereocenters. The van der Waals surface area contributed by atoms with Crippen LogP contribution < -0.4 is 5.32 Å². The summed E-state index contributed by atoms with van der Waals surface area (Å²) in [7, 11) is -2.95. The third kappa shape index (κ3) is 15.5. The monoisotopic (exact) mass is 541 g/mol. The van der Waals surface area contributed by atoms with Crippen LogP contribution in [0.2, 0.25) is 0 Å². The van der Waals surface area contributed by atoms with Crippen LogP contribution in [-0.4, -0.2) is 80.6 Å². The molecule has 12 nitrogen and oxygen atoms in total. The number of ether oxygens (including phenoxy) is 4. The summed E-state index contributed by atoms with van der Waals surface area (Å²) < 4.78 is 43.0. The van der Waals surface area contributed by atoms with Gasteiger partial charge in [-0.2, -0.15) is 0 Å². The number of hydrogen-bond acceptors (Lipinski definition) is 10. The van der Waals surface area contributed by atoms with Crippen molar-refractivity contribution in [3.05, 3.63) is 0 Å². The van der Waals surface area contributed by atoms with Gasteiger partial charge in [0, 0.05) is 20.1 Å². The Morgan fingerprint density at radius 1 is 1.03 bits per heavy atom. The van der Waals surface area contributed by atoms with Gasteiger partial charge in [-0.05, 0) is 33.6 Å². The number of phosphoric ester groups is 1. The van der Waals surface area contributed by atoms with Crippen LogP contribution in [0.4, 0.5) is 0 Å². The summed E-state index contributed by atoms with van der Waals surface area (Å²) in [5.74, 6) is -1.80. The van der Waals surface area contributed by atoms with E-state index in [0.717, 1.165) is 6.42 Å². The number of hydrogen-bond donors (Lipinski definition) is 2. The Balaban J connectivity index is 4.57. The Morgan fingerprint density at radius 2 is 1.69 bits per heavy atom. The van der Waals surface area contributed by atoms with Crippen molar-refractivity contribution >= 4 is 25.7 Å². The van der Waals surface area contributed by atoms with Gasteiger partial charge in [-0.15, -0.1) is 0 Å². The average molecular weight is 542 g/mol. The minimum Gasteiger partial charge on any atom is -0.461 e. The number of amides is 1. The minimum absolute atomic E-state index is 0.00211. The molecule has 0 radical (unpaired) electrons. The Kier molecular flexibility index (Phi) is 17.0. The lowest BCUT2D eigenvalue weighted by atomic mass is 10.1. The van der Waals surface area contributed by atoms with E-state index in [1.54, 1.807) is 34.8 Å². The van der Waals surface area contributed by atoms with Crippen molar-refractivity contribution in [2.24, 2.45) is 5.92 Å². The molecular weight excluding hydrogens is 497 g/mol. The molecule has 1 amide bonds. The van der Waals surface area contributed by atoms with E-state index in [2.05, 4.69) is 5.32 Å². The largest absolute Gasteiger partial charge is 0.472 e. The quantitative estimate of drug-likeness (QED) is 0.133. The lowest BCUT2D eigenvalue weighted by Gasteiger charge is -2.25. The molecule has 0 saturated carbocycles. The molecule has 36 heavy (non-hydrogen) atoms. The average Bonchev–Trinajstić information content (AvgIpc) is 2.82. The first kappa shape index (κ1) is 34.4. The fraction of sp³-hybridized carbons (Fsp3) is 0.870. The third-order valence-corrected chi connectivity index (χ3v) is 6.11. The molecule has 0 aliphatic heterocycles. The molecule has 2 N–H and O–H groups in total. The highest BCUT2D eigenvalue weighted by molar-refractivity contribution is 7.47. The topological polar surface area (TPSA) is 156 Å². The van der Waals surface area contributed by atoms with Crippen LogP contribution >= 0.6 is 7.82 Å². The fourth-order valence-corrected chi connectivity index (χ4v) is 3.42. The molecule has 0 spiro atoms. The molecule has 0 aromatic heterocycles. The number of methoxy groups -OCH3 is 1. The van der Waals surface area contributed by atoms with E-state index in [4.69, 9.17) is 28.0 Å². The molecule has 13 heteroatoms. The highest BCUT2D eigenvalue weighted by Gasteiger charge is 2.29. The van der Waals surface area contributed by atoms with Gasteiger partial charge < -0.3 is 29.2 Å². The molecule has 0 rings (SSSR count). The van der Waals surface area contributed by atoms with Crippen LogP contribution in [0.1, 0.15) is 67.2 Å². The van der Waals surface area contributed by atoms with Crippen LogP contribution in [0.5, 0.6) is 0 Å². The molecular formula is C23H44NO11P. The van der Waals surface area contributed by atoms with Gasteiger partial charge >= 0.3 is 19.8 Å². The van der Waals surface area contributed by atoms with E-state index in [1.807, 2.05) is 13.8 Å². The second-order valence-electron chi connectivity index (χ2n) is 8.83. The van der Waals surface area contributed by atoms with Crippen LogP contribution in [0, 0.1) is 5.92 Å². The van der Waals surface area contributed by atoms with E-state index in [-0.39, 0.29) is 38.2 Å². The van der Waals surface area contributed by atoms with Gasteiger partial charge in [-0.1, -0.05) is 27.2 Å². The maximum Gasteiger partial charge on any atom is 0.472 e. The molecule has 4 atom stereocenters. The SMILES string of the molecule is CCCC(C)C(=O)OCC(COP(=O)(O)OCCNC(=O)C(C)(C)OCCC(C)OC)OC(=O)CC. The number of esters is 2. The molecule has 0 aliphatic carbocycles. The van der Waals surface area contributed by atoms with E-state index < -0.39 is 44.0 Å². The van der Waals surface area contributed by atoms with Gasteiger partial charge in [0.15, 0.2) is 6.10 Å². The summed E-state index contributed by atoms with van der Waals surface area (Å²) >= 11 is 0. The predicted molar refractivity (Wildman–Crippen MR) is 131 cm³/mol. The molecule has 0 saturated heterocycles. The Hall–Kier alpha value is -1.56. The number of rotatable bonds is 20. The minimum atomic E-state index is -4.54. The van der Waals surface area contributed by atoms with E-state index >= 15 is 0 Å². The van der Waals surface area contributed by atoms with Crippen molar-refractivity contribution in [3.8, 4) is 0 Å². The van der Waals surface area contributed by atoms with Crippen LogP contribution in [0.3, 0.4) is 0 Å². The van der Waals surface area contributed by atoms with Crippen molar-refractivity contribution in [2.45, 2.75) is 85.0 Å². The van der Waals surface area contributed by atoms with E-state index in [0.29, 0.717) is 19.4 Å². The first-order chi connectivity index (χ1) is 16.8. The lowest BCUT2D eigenvalue weighted by Crippen LogP contribution is -2.45. The van der Waals surface area contributed by atoms with E-state index in [1.165, 1.54) is 0 Å². The molecule has 0 fully saturated rings. The zero-order chi connectivity index (χ0) is 27.8. The third-order valence-electron chi connectivity index (χ3n) is 5.12. The predicted octanol–water partition coefficient (Wildman–Crippen LogP) is 2.76. The fourth-order valence-electron chi connectivity index (χ4n) is 2.67. The highest BCUT2D eigenvalue weighted by atomic mass is 31.2. The number of carbonyl (C=O) groups is 3. The summed E-state index contributed by atoms with van der Waals surface area (Å²) in [6.07, 6.45) is 1.04. The standard InChI is InChI=1S/C23H44NO11P/c1-8-10-17(3)21(26)31-15-19(35-20(25)9-2)16-34-36(28,29)33-14-12-24-22(27)23(5,6)32-13-11-18(4)30-7/h17-19H,8-16H2,1-7H3,(H,24,27)(H,28,29). The van der Waals surface area contributed by atoms with Gasteiger partial charge in [0.1, 0.15) is 12.2 Å². The Labute approximate surface area is 214 Å². The Morgan fingerprint density at radius 3 is 2.28 bits per heavy atom. The van der Waals surface area contributed by atoms with Crippen molar-refractivity contribution in [2.75, 3.05) is 40.1 Å². The lowest BCUT2D eigenvalue weighted by molar-refractivity contribution is -0.163. The van der Waals surface area contributed by atoms with Crippen LogP contribution in [0.25, 0.3) is 0 Å². The second kappa shape index (κ2) is 17.8. The summed E-state index contributed by atoms with van der Waals surface area (Å²) in [5, 5.41) is 2.57. The van der Waals surface area contributed by atoms with Crippen molar-refractivity contribution < 1.29 is 51.8 Å². The molecule has 0 aromatic rings. The number of carbonyl (C=O) groups excluding carboxylic acids is 3. The molecule has 0 heterocycles. The summed E-state index contributed by atoms with van der Waals surface area (Å²) in [4.78, 5) is 45.9. The summed E-state index contributed by atoms with van der Waals surface area (Å²) in [6.45, 7) is 9.41. The smallest absolute Gasteiger partial charge is 0.461 e. The first-order valence-corrected chi connectivity index (χ1v) is 13.7. The first-order valence-electron chi connectivity index (χ1n) is 12.2. The van der Waals surface area contributed by atoms with Crippen molar-refractivity contribution in [1.29, 1.82) is 0 Å². The molecule has 0 aromatic carbocycles. The second-order valence-corrected chi connectivity index (χ2v) is 10.3. The van der Waals surface area contributed by atoms with Crippen molar-refractivity contribution in [1.82, 2.24) is 5.32 Å². The van der Waals surface area contributed by atoms with Gasteiger partial charge in [0.25, 0.3) is 5.91 Å². The Bertz CT molecular complexity index is 716. The molecule has 0 aliphatic rings. The zero-order valence-corrected chi connectivity index (χ0v) is 23.5.